The quantitative estimate of drug-likeness (QED) is 0.880. The topological polar surface area (TPSA) is 72.9 Å². The summed E-state index contributed by atoms with van der Waals surface area (Å²) in [5.41, 5.74) is 7.54. The smallest absolute Gasteiger partial charge is 0.246 e. The van der Waals surface area contributed by atoms with E-state index in [-0.39, 0.29) is 0 Å². The molecule has 0 radical (unpaired) electrons. The molecule has 0 fully saturated rings. The highest BCUT2D eigenvalue weighted by atomic mass is 19.1. The summed E-state index contributed by atoms with van der Waals surface area (Å²) in [7, 11) is 1.74. The van der Waals surface area contributed by atoms with E-state index in [1.807, 2.05) is 0 Å². The molecule has 1 amide bonds. The molecule has 6 heteroatoms. The van der Waals surface area contributed by atoms with Gasteiger partial charge in [0, 0.05) is 24.5 Å². The van der Waals surface area contributed by atoms with Gasteiger partial charge in [-0.15, -0.1) is 0 Å². The van der Waals surface area contributed by atoms with Crippen LogP contribution in [0.5, 0.6) is 0 Å². The Labute approximate surface area is 110 Å². The van der Waals surface area contributed by atoms with Crippen LogP contribution >= 0.6 is 0 Å². The van der Waals surface area contributed by atoms with Crippen molar-refractivity contribution < 1.29 is 9.18 Å². The molecule has 0 aliphatic carbocycles. The van der Waals surface area contributed by atoms with Crippen LogP contribution in [0.25, 0.3) is 0 Å². The Morgan fingerprint density at radius 2 is 2.21 bits per heavy atom. The fraction of sp³-hybridized carbons (Fsp3) is 0.231. The number of carbonyl (C=O) groups is 1. The number of hydrogen-bond acceptors (Lipinski definition) is 3. The molecular formula is C13H15FN4O. The first-order chi connectivity index (χ1) is 8.95. The van der Waals surface area contributed by atoms with Crippen molar-refractivity contribution in [3.63, 3.8) is 0 Å². The molecule has 5 nitrogen and oxygen atoms in total. The summed E-state index contributed by atoms with van der Waals surface area (Å²) in [5.74, 6) is -0.803. The average Bonchev–Trinajstić information content (AvgIpc) is 2.73. The second kappa shape index (κ2) is 5.19. The van der Waals surface area contributed by atoms with E-state index in [2.05, 4.69) is 10.4 Å². The fourth-order valence-corrected chi connectivity index (χ4v) is 1.78. The summed E-state index contributed by atoms with van der Waals surface area (Å²) < 4.78 is 14.8. The van der Waals surface area contributed by atoms with Crippen LogP contribution in [0.3, 0.4) is 0 Å². The number of aromatic nitrogens is 2. The number of carbonyl (C=O) groups excluding carboxylic acids is 1. The lowest BCUT2D eigenvalue weighted by Gasteiger charge is -2.11. The van der Waals surface area contributed by atoms with Crippen molar-refractivity contribution in [2.45, 2.75) is 13.0 Å². The van der Waals surface area contributed by atoms with Crippen LogP contribution in [0.15, 0.2) is 30.6 Å². The van der Waals surface area contributed by atoms with Crippen molar-refractivity contribution in [1.82, 2.24) is 9.78 Å². The maximum absolute atomic E-state index is 13.2. The van der Waals surface area contributed by atoms with Gasteiger partial charge < -0.3 is 11.1 Å². The van der Waals surface area contributed by atoms with Gasteiger partial charge in [0.05, 0.1) is 6.20 Å². The molecule has 0 saturated heterocycles. The number of amides is 1. The van der Waals surface area contributed by atoms with Crippen LogP contribution < -0.4 is 11.1 Å². The normalized spacial score (nSPS) is 12.2. The number of aryl methyl sites for hydroxylation is 2. The Kier molecular flexibility index (Phi) is 3.62. The van der Waals surface area contributed by atoms with Crippen molar-refractivity contribution in [3.8, 4) is 0 Å². The summed E-state index contributed by atoms with van der Waals surface area (Å²) in [4.78, 5) is 11.9. The maximum Gasteiger partial charge on any atom is 0.246 e. The van der Waals surface area contributed by atoms with Gasteiger partial charge in [-0.1, -0.05) is 0 Å². The van der Waals surface area contributed by atoms with Gasteiger partial charge >= 0.3 is 0 Å². The number of rotatable bonds is 3. The third-order valence-corrected chi connectivity index (χ3v) is 2.68. The van der Waals surface area contributed by atoms with E-state index in [1.54, 1.807) is 30.9 Å². The van der Waals surface area contributed by atoms with E-state index >= 15 is 0 Å². The van der Waals surface area contributed by atoms with Crippen molar-refractivity contribution in [2.75, 3.05) is 5.32 Å². The van der Waals surface area contributed by atoms with Crippen molar-refractivity contribution in [1.29, 1.82) is 0 Å². The Balaban J connectivity index is 2.12. The Bertz CT molecular complexity index is 588. The molecule has 0 aliphatic heterocycles. The molecular weight excluding hydrogens is 247 g/mol. The number of benzene rings is 1. The summed E-state index contributed by atoms with van der Waals surface area (Å²) in [5, 5.41) is 6.54. The van der Waals surface area contributed by atoms with E-state index in [4.69, 9.17) is 5.73 Å². The minimum Gasteiger partial charge on any atom is -0.324 e. The molecule has 0 aliphatic rings. The SMILES string of the molecule is Cc1cc(F)cc(NC(=O)C(N)c2cnn(C)c2)c1. The van der Waals surface area contributed by atoms with Crippen LogP contribution in [0.4, 0.5) is 10.1 Å². The highest BCUT2D eigenvalue weighted by Crippen LogP contribution is 2.16. The predicted octanol–water partition coefficient (Wildman–Crippen LogP) is 1.51. The Morgan fingerprint density at radius 3 is 2.79 bits per heavy atom. The fourth-order valence-electron chi connectivity index (χ4n) is 1.78. The van der Waals surface area contributed by atoms with E-state index in [9.17, 15) is 9.18 Å². The molecule has 1 atom stereocenters. The molecule has 2 rings (SSSR count). The predicted molar refractivity (Wildman–Crippen MR) is 69.9 cm³/mol. The molecule has 0 saturated carbocycles. The van der Waals surface area contributed by atoms with Gasteiger partial charge in [-0.3, -0.25) is 9.48 Å². The van der Waals surface area contributed by atoms with E-state index < -0.39 is 17.8 Å². The maximum atomic E-state index is 13.2. The zero-order valence-corrected chi connectivity index (χ0v) is 10.7. The van der Waals surface area contributed by atoms with E-state index in [0.29, 0.717) is 11.3 Å². The van der Waals surface area contributed by atoms with Crippen molar-refractivity contribution in [2.24, 2.45) is 12.8 Å². The van der Waals surface area contributed by atoms with E-state index in [1.165, 1.54) is 18.3 Å². The average molecular weight is 262 g/mol. The molecule has 1 aromatic carbocycles. The minimum absolute atomic E-state index is 0.391. The van der Waals surface area contributed by atoms with Crippen LogP contribution in [0.1, 0.15) is 17.2 Å². The lowest BCUT2D eigenvalue weighted by Crippen LogP contribution is -2.27. The summed E-state index contributed by atoms with van der Waals surface area (Å²) in [6.07, 6.45) is 3.20. The van der Waals surface area contributed by atoms with E-state index in [0.717, 1.165) is 5.56 Å². The Hall–Kier alpha value is -2.21. The number of halogens is 1. The lowest BCUT2D eigenvalue weighted by atomic mass is 10.1. The second-order valence-corrected chi connectivity index (χ2v) is 4.43. The molecule has 1 aromatic heterocycles. The Morgan fingerprint density at radius 1 is 1.47 bits per heavy atom. The summed E-state index contributed by atoms with van der Waals surface area (Å²) >= 11 is 0. The first kappa shape index (κ1) is 13.2. The highest BCUT2D eigenvalue weighted by molar-refractivity contribution is 5.95. The minimum atomic E-state index is -0.836. The molecule has 1 unspecified atom stereocenters. The van der Waals surface area contributed by atoms with Crippen molar-refractivity contribution >= 4 is 11.6 Å². The monoisotopic (exact) mass is 262 g/mol. The van der Waals surface area contributed by atoms with Gasteiger partial charge in [-0.05, 0) is 30.7 Å². The van der Waals surface area contributed by atoms with Gasteiger partial charge in [0.1, 0.15) is 11.9 Å². The van der Waals surface area contributed by atoms with Crippen molar-refractivity contribution in [3.05, 3.63) is 47.5 Å². The molecule has 0 spiro atoms. The summed E-state index contributed by atoms with van der Waals surface area (Å²) in [6, 6.07) is 3.48. The number of nitrogens with zero attached hydrogens (tertiary/aromatic N) is 2. The van der Waals surface area contributed by atoms with Crippen LogP contribution in [0.2, 0.25) is 0 Å². The highest BCUT2D eigenvalue weighted by Gasteiger charge is 2.17. The van der Waals surface area contributed by atoms with Gasteiger partial charge in [0.2, 0.25) is 5.91 Å². The zero-order valence-electron chi connectivity index (χ0n) is 10.7. The van der Waals surface area contributed by atoms with Gasteiger partial charge in [-0.25, -0.2) is 4.39 Å². The van der Waals surface area contributed by atoms with Crippen LogP contribution in [0, 0.1) is 12.7 Å². The van der Waals surface area contributed by atoms with Crippen LogP contribution in [-0.4, -0.2) is 15.7 Å². The molecule has 19 heavy (non-hydrogen) atoms. The largest absolute Gasteiger partial charge is 0.324 e. The third-order valence-electron chi connectivity index (χ3n) is 2.68. The van der Waals surface area contributed by atoms with Gasteiger partial charge in [0.25, 0.3) is 0 Å². The second-order valence-electron chi connectivity index (χ2n) is 4.43. The van der Waals surface area contributed by atoms with Crippen LogP contribution in [-0.2, 0) is 11.8 Å². The molecule has 100 valence electrons. The molecule has 1 heterocycles. The summed E-state index contributed by atoms with van der Waals surface area (Å²) in [6.45, 7) is 1.75. The number of nitrogens with one attached hydrogen (secondary N) is 1. The van der Waals surface area contributed by atoms with Gasteiger partial charge in [0.15, 0.2) is 0 Å². The van der Waals surface area contributed by atoms with Gasteiger partial charge in [-0.2, -0.15) is 5.10 Å². The zero-order chi connectivity index (χ0) is 14.0. The third kappa shape index (κ3) is 3.17. The molecule has 3 N–H and O–H groups in total. The standard InChI is InChI=1S/C13H15FN4O/c1-8-3-10(14)5-11(4-8)17-13(19)12(15)9-6-16-18(2)7-9/h3-7,12H,15H2,1-2H3,(H,17,19). The molecule has 2 aromatic rings. The lowest BCUT2D eigenvalue weighted by molar-refractivity contribution is -0.117. The first-order valence-corrected chi connectivity index (χ1v) is 5.78. The number of nitrogens with two attached hydrogens (primary N) is 1. The first-order valence-electron chi connectivity index (χ1n) is 5.78. The molecule has 0 bridgehead atoms. The number of anilines is 1. The number of hydrogen-bond donors (Lipinski definition) is 2.